The van der Waals surface area contributed by atoms with Crippen molar-refractivity contribution in [3.8, 4) is 0 Å². The molecule has 0 saturated heterocycles. The first kappa shape index (κ1) is 19.2. The highest BCUT2D eigenvalue weighted by Gasteiger charge is 2.25. The van der Waals surface area contributed by atoms with E-state index in [4.69, 9.17) is 10.5 Å². The third kappa shape index (κ3) is 3.26. The van der Waals surface area contributed by atoms with E-state index in [2.05, 4.69) is 0 Å². The van der Waals surface area contributed by atoms with Crippen molar-refractivity contribution in [1.29, 1.82) is 0 Å². The number of aliphatic hydroxyl groups excluding tert-OH is 3. The molecule has 1 aromatic carbocycles. The number of pyridine rings is 1. The molecule has 0 fully saturated rings. The van der Waals surface area contributed by atoms with E-state index in [0.29, 0.717) is 32.1 Å². The molecule has 0 saturated carbocycles. The Morgan fingerprint density at radius 3 is 2.41 bits per heavy atom. The fraction of sp³-hybridized carbons (Fsp3) is 0.278. The van der Waals surface area contributed by atoms with Crippen LogP contribution in [0.1, 0.15) is 20.8 Å². The maximum Gasteiger partial charge on any atom is 0.372 e. The van der Waals surface area contributed by atoms with Crippen molar-refractivity contribution in [1.82, 2.24) is 0 Å². The Kier molecular flexibility index (Phi) is 5.38. The van der Waals surface area contributed by atoms with E-state index in [1.807, 2.05) is 0 Å². The van der Waals surface area contributed by atoms with Crippen LogP contribution >= 0.6 is 11.3 Å². The maximum atomic E-state index is 12.0. The number of fused-ring (bicyclic) bond motifs is 3. The first-order valence-electron chi connectivity index (χ1n) is 8.07. The van der Waals surface area contributed by atoms with Gasteiger partial charge in [0.25, 0.3) is 0 Å². The number of hydrogen-bond donors (Lipinski definition) is 4. The number of esters is 1. The van der Waals surface area contributed by atoms with Gasteiger partial charge in [-0.25, -0.2) is 4.79 Å². The Hall–Kier alpha value is -2.59. The molecule has 0 radical (unpaired) electrons. The normalized spacial score (nSPS) is 11.3. The summed E-state index contributed by atoms with van der Waals surface area (Å²) in [5.74, 6) is -0.964. The Bertz CT molecular complexity index is 1060. The molecule has 0 amide bonds. The van der Waals surface area contributed by atoms with Gasteiger partial charge in [0.2, 0.25) is 12.1 Å². The number of aliphatic hydroxyl groups is 3. The van der Waals surface area contributed by atoms with Gasteiger partial charge in [0.15, 0.2) is 12.0 Å². The number of rotatable bonds is 6. The maximum absolute atomic E-state index is 12.0. The van der Waals surface area contributed by atoms with Crippen LogP contribution in [-0.4, -0.2) is 40.8 Å². The predicted octanol–water partition coefficient (Wildman–Crippen LogP) is 0.257. The van der Waals surface area contributed by atoms with Crippen molar-refractivity contribution in [2.24, 2.45) is 0 Å². The van der Waals surface area contributed by atoms with Crippen LogP contribution in [-0.2, 0) is 29.3 Å². The minimum Gasteiger partial charge on any atom is -0.464 e. The molecule has 0 aliphatic carbocycles. The van der Waals surface area contributed by atoms with Crippen molar-refractivity contribution < 1.29 is 34.2 Å². The van der Waals surface area contributed by atoms with Gasteiger partial charge in [0.1, 0.15) is 6.61 Å². The monoisotopic (exact) mass is 391 g/mol. The summed E-state index contributed by atoms with van der Waals surface area (Å²) in [5.41, 5.74) is 8.04. The highest BCUT2D eigenvalue weighted by Crippen LogP contribution is 2.38. The lowest BCUT2D eigenvalue weighted by Crippen LogP contribution is -2.39. The number of ketones is 1. The van der Waals surface area contributed by atoms with Gasteiger partial charge in [-0.2, -0.15) is 4.57 Å². The molecule has 3 aromatic rings. The molecule has 0 bridgehead atoms. The molecule has 3 rings (SSSR count). The first-order chi connectivity index (χ1) is 12.9. The topological polar surface area (TPSA) is 134 Å². The van der Waals surface area contributed by atoms with Gasteiger partial charge in [-0.1, -0.05) is 0 Å². The van der Waals surface area contributed by atoms with Gasteiger partial charge in [-0.05, 0) is 17.2 Å². The van der Waals surface area contributed by atoms with E-state index in [1.165, 1.54) is 7.11 Å². The molecule has 0 unspecified atom stereocenters. The van der Waals surface area contributed by atoms with Crippen molar-refractivity contribution in [2.75, 3.05) is 19.5 Å². The van der Waals surface area contributed by atoms with Crippen LogP contribution in [0.5, 0.6) is 0 Å². The largest absolute Gasteiger partial charge is 0.464 e. The van der Waals surface area contributed by atoms with Gasteiger partial charge in [0, 0.05) is 6.07 Å². The second-order valence-corrected chi connectivity index (χ2v) is 6.98. The van der Waals surface area contributed by atoms with Crippen molar-refractivity contribution >= 4 is 49.8 Å². The molecule has 5 N–H and O–H groups in total. The Morgan fingerprint density at radius 1 is 1.15 bits per heavy atom. The van der Waals surface area contributed by atoms with Crippen LogP contribution in [0.3, 0.4) is 0 Å². The SMILES string of the molecule is COC(=O)C[n+]1cc2c(N)c(C(=O)CO)sc2c2cc(CO)c(CO)cc21. The van der Waals surface area contributed by atoms with Gasteiger partial charge >= 0.3 is 5.97 Å². The summed E-state index contributed by atoms with van der Waals surface area (Å²) in [6.45, 7) is -1.30. The van der Waals surface area contributed by atoms with Crippen LogP contribution in [0, 0.1) is 0 Å². The summed E-state index contributed by atoms with van der Waals surface area (Å²) in [6, 6.07) is 3.40. The number of nitrogens with two attached hydrogens (primary N) is 1. The summed E-state index contributed by atoms with van der Waals surface area (Å²) >= 11 is 1.14. The number of methoxy groups -OCH3 is 1. The number of carbonyl (C=O) groups is 2. The van der Waals surface area contributed by atoms with Crippen molar-refractivity contribution in [2.45, 2.75) is 19.8 Å². The van der Waals surface area contributed by atoms with Crippen LogP contribution in [0.2, 0.25) is 0 Å². The number of nitrogens with zero attached hydrogens (tertiary/aromatic N) is 1. The first-order valence-corrected chi connectivity index (χ1v) is 8.89. The lowest BCUT2D eigenvalue weighted by atomic mass is 10.0. The molecule has 8 nitrogen and oxygen atoms in total. The third-order valence-corrected chi connectivity index (χ3v) is 5.70. The molecule has 0 atom stereocenters. The zero-order valence-electron chi connectivity index (χ0n) is 14.6. The minimum atomic E-state index is -0.659. The summed E-state index contributed by atoms with van der Waals surface area (Å²) in [6.07, 6.45) is 1.65. The Balaban J connectivity index is 2.42. The Morgan fingerprint density at radius 2 is 1.81 bits per heavy atom. The van der Waals surface area contributed by atoms with E-state index in [1.54, 1.807) is 22.9 Å². The third-order valence-electron chi connectivity index (χ3n) is 4.41. The smallest absolute Gasteiger partial charge is 0.372 e. The van der Waals surface area contributed by atoms with Gasteiger partial charge in [-0.3, -0.25) is 4.79 Å². The van der Waals surface area contributed by atoms with E-state index in [9.17, 15) is 24.9 Å². The number of anilines is 1. The second kappa shape index (κ2) is 7.57. The van der Waals surface area contributed by atoms with Crippen LogP contribution in [0.25, 0.3) is 21.0 Å². The number of benzene rings is 1. The van der Waals surface area contributed by atoms with E-state index in [0.717, 1.165) is 11.3 Å². The van der Waals surface area contributed by atoms with Gasteiger partial charge < -0.3 is 25.8 Å². The molecule has 9 heteroatoms. The molecule has 0 spiro atoms. The van der Waals surface area contributed by atoms with Crippen molar-refractivity contribution in [3.63, 3.8) is 0 Å². The summed E-state index contributed by atoms with van der Waals surface area (Å²) in [7, 11) is 1.28. The average Bonchev–Trinajstić information content (AvgIpc) is 3.02. The summed E-state index contributed by atoms with van der Waals surface area (Å²) < 4.78 is 7.06. The minimum absolute atomic E-state index is 0.0924. The number of Topliss-reactive ketones (excluding diaryl/α,β-unsaturated/α-hetero) is 1. The number of thiophene rings is 1. The number of aromatic nitrogens is 1. The summed E-state index contributed by atoms with van der Waals surface area (Å²) in [4.78, 5) is 24.1. The predicted molar refractivity (Wildman–Crippen MR) is 99.2 cm³/mol. The number of carbonyl (C=O) groups excluding carboxylic acids is 2. The summed E-state index contributed by atoms with van der Waals surface area (Å²) in [5, 5.41) is 29.6. The van der Waals surface area contributed by atoms with Crippen LogP contribution in [0.4, 0.5) is 5.69 Å². The molecular weight excluding hydrogens is 372 g/mol. The van der Waals surface area contributed by atoms with Crippen LogP contribution in [0.15, 0.2) is 18.3 Å². The van der Waals surface area contributed by atoms with E-state index in [-0.39, 0.29) is 30.3 Å². The molecule has 142 valence electrons. The highest BCUT2D eigenvalue weighted by molar-refractivity contribution is 7.22. The van der Waals surface area contributed by atoms with Crippen molar-refractivity contribution in [3.05, 3.63) is 34.3 Å². The molecule has 27 heavy (non-hydrogen) atoms. The number of hydrogen-bond acceptors (Lipinski definition) is 8. The zero-order chi connectivity index (χ0) is 19.7. The molecule has 2 heterocycles. The average molecular weight is 391 g/mol. The number of ether oxygens (including phenoxy) is 1. The number of nitrogen functional groups attached to an aromatic ring is 1. The fourth-order valence-electron chi connectivity index (χ4n) is 3.01. The standard InChI is InChI=1S/C18H18N2O6S/c1-26-15(25)5-20-4-12-16(19)18(14(24)8-23)27-17(12)11-2-9(6-21)10(7-22)3-13(11)20/h2-4,21-23H,5-8H2,1H3,(H-,19,24)/p+1. The van der Waals surface area contributed by atoms with Gasteiger partial charge in [-0.15, -0.1) is 11.3 Å². The van der Waals surface area contributed by atoms with E-state index < -0.39 is 18.4 Å². The molecule has 0 aliphatic heterocycles. The zero-order valence-corrected chi connectivity index (χ0v) is 15.4. The van der Waals surface area contributed by atoms with Gasteiger partial charge in [0.05, 0.1) is 46.4 Å². The van der Waals surface area contributed by atoms with E-state index >= 15 is 0 Å². The highest BCUT2D eigenvalue weighted by atomic mass is 32.1. The lowest BCUT2D eigenvalue weighted by molar-refractivity contribution is -0.658. The molecule has 2 aromatic heterocycles. The fourth-order valence-corrected chi connectivity index (χ4v) is 4.16. The Labute approximate surface area is 158 Å². The molecule has 0 aliphatic rings. The molecular formula is C18H19N2O6S+. The second-order valence-electron chi connectivity index (χ2n) is 5.96. The lowest BCUT2D eigenvalue weighted by Gasteiger charge is -2.08. The quantitative estimate of drug-likeness (QED) is 0.269. The van der Waals surface area contributed by atoms with Crippen LogP contribution < -0.4 is 10.3 Å².